The van der Waals surface area contributed by atoms with Crippen molar-refractivity contribution >= 4 is 68.8 Å². The Labute approximate surface area is 228 Å². The number of β-lactam (4-membered cyclic amide) rings is 1. The summed E-state index contributed by atoms with van der Waals surface area (Å²) in [6.45, 7) is 0.0957. The molecule has 0 unspecified atom stereocenters. The van der Waals surface area contributed by atoms with E-state index in [1.807, 2.05) is 16.8 Å². The number of hydrogen-bond acceptors (Lipinski definition) is 10. The van der Waals surface area contributed by atoms with Gasteiger partial charge in [-0.3, -0.25) is 14.5 Å². The minimum atomic E-state index is -1.24. The average Bonchev–Trinajstić information content (AvgIpc) is 3.46. The normalized spacial score (nSPS) is 19.4. The monoisotopic (exact) mass is 578 g/mol. The summed E-state index contributed by atoms with van der Waals surface area (Å²) >= 11 is 8.41. The molecule has 13 nitrogen and oxygen atoms in total. The van der Waals surface area contributed by atoms with Crippen LogP contribution < -0.4 is 15.6 Å². The third kappa shape index (κ3) is 4.47. The number of rotatable bonds is 8. The molecular formula is C22H21ClN7O6S2+. The van der Waals surface area contributed by atoms with Crippen molar-refractivity contribution in [2.24, 2.45) is 5.16 Å². The summed E-state index contributed by atoms with van der Waals surface area (Å²) in [5, 5.41) is 25.3. The molecule has 1 saturated heterocycles. The standard InChI is InChI=1S/C22H20ClN7O6S2/c1-36-27-14(13-17(23)38-22(24)26-13)18(32)25-15-19(33)30-16(21(34)35)11(9-37-20(15)30)6-28-4-5-29-3-2-10(8-31)12(29)7-28/h2-5,7,15,20,31H,6,8-9H2,1H3,(H3-,24,25,26,32,34,35)/p+1/t15-,20+/m1/s1. The first-order valence-electron chi connectivity index (χ1n) is 11.1. The van der Waals surface area contributed by atoms with Crippen LogP contribution in [0.3, 0.4) is 0 Å². The van der Waals surface area contributed by atoms with Gasteiger partial charge in [-0.05, 0) is 6.07 Å². The van der Waals surface area contributed by atoms with Gasteiger partial charge in [0.25, 0.3) is 11.8 Å². The molecule has 0 saturated carbocycles. The van der Waals surface area contributed by atoms with E-state index in [0.717, 1.165) is 22.4 Å². The number of aliphatic hydroxyl groups is 1. The Bertz CT molecular complexity index is 1530. The topological polar surface area (TPSA) is 176 Å². The molecular weight excluding hydrogens is 558 g/mol. The van der Waals surface area contributed by atoms with Crippen LogP contribution in [0.5, 0.6) is 0 Å². The lowest BCUT2D eigenvalue weighted by atomic mass is 10.0. The van der Waals surface area contributed by atoms with Gasteiger partial charge in [0.05, 0.1) is 12.8 Å². The molecule has 0 radical (unpaired) electrons. The Morgan fingerprint density at radius 2 is 2.21 bits per heavy atom. The van der Waals surface area contributed by atoms with Crippen molar-refractivity contribution in [3.05, 3.63) is 57.7 Å². The number of carboxylic acid groups (broad SMARTS) is 1. The minimum absolute atomic E-state index is 0.0168. The zero-order valence-electron chi connectivity index (χ0n) is 19.7. The number of amides is 2. The Morgan fingerprint density at radius 3 is 2.87 bits per heavy atom. The number of halogens is 1. The molecule has 0 aliphatic carbocycles. The minimum Gasteiger partial charge on any atom is -0.477 e. The summed E-state index contributed by atoms with van der Waals surface area (Å²) in [7, 11) is 1.24. The van der Waals surface area contributed by atoms with E-state index in [-0.39, 0.29) is 39.7 Å². The van der Waals surface area contributed by atoms with Gasteiger partial charge in [-0.2, -0.15) is 4.57 Å². The molecule has 0 aromatic carbocycles. The molecule has 198 valence electrons. The summed E-state index contributed by atoms with van der Waals surface area (Å²) in [5.41, 5.74) is 7.37. The quantitative estimate of drug-likeness (QED) is 0.126. The Balaban J connectivity index is 1.37. The molecule has 3 aromatic rings. The Morgan fingerprint density at radius 1 is 1.42 bits per heavy atom. The lowest BCUT2D eigenvalue weighted by molar-refractivity contribution is -0.688. The van der Waals surface area contributed by atoms with Crippen molar-refractivity contribution in [1.82, 2.24) is 19.6 Å². The highest BCUT2D eigenvalue weighted by atomic mass is 35.5. The van der Waals surface area contributed by atoms with Gasteiger partial charge in [-0.25, -0.2) is 9.78 Å². The van der Waals surface area contributed by atoms with Gasteiger partial charge in [-0.1, -0.05) is 28.1 Å². The second-order valence-corrected chi connectivity index (χ2v) is 11.0. The van der Waals surface area contributed by atoms with Crippen molar-refractivity contribution in [3.8, 4) is 0 Å². The molecule has 2 aliphatic heterocycles. The maximum absolute atomic E-state index is 13.1. The van der Waals surface area contributed by atoms with Crippen LogP contribution >= 0.6 is 34.7 Å². The molecule has 0 spiro atoms. The van der Waals surface area contributed by atoms with Gasteiger partial charge in [0, 0.05) is 23.1 Å². The number of aliphatic carboxylic acids is 1. The van der Waals surface area contributed by atoms with Gasteiger partial charge >= 0.3 is 5.97 Å². The summed E-state index contributed by atoms with van der Waals surface area (Å²) in [6.07, 6.45) is 7.21. The Kier molecular flexibility index (Phi) is 7.00. The van der Waals surface area contributed by atoms with Crippen molar-refractivity contribution < 1.29 is 34.0 Å². The van der Waals surface area contributed by atoms with Gasteiger partial charge in [0.2, 0.25) is 0 Å². The molecule has 5 heterocycles. The van der Waals surface area contributed by atoms with Gasteiger partial charge in [-0.15, -0.1) is 11.8 Å². The lowest BCUT2D eigenvalue weighted by Gasteiger charge is -2.49. The molecule has 2 atom stereocenters. The van der Waals surface area contributed by atoms with Crippen molar-refractivity contribution in [2.75, 3.05) is 18.6 Å². The maximum Gasteiger partial charge on any atom is 0.352 e. The van der Waals surface area contributed by atoms with Crippen LogP contribution in [0.4, 0.5) is 5.13 Å². The zero-order chi connectivity index (χ0) is 27.1. The van der Waals surface area contributed by atoms with E-state index < -0.39 is 29.2 Å². The van der Waals surface area contributed by atoms with Crippen LogP contribution in [0.1, 0.15) is 11.3 Å². The smallest absolute Gasteiger partial charge is 0.352 e. The number of nitrogens with zero attached hydrogens (tertiary/aromatic N) is 5. The third-order valence-electron chi connectivity index (χ3n) is 6.05. The number of anilines is 1. The van der Waals surface area contributed by atoms with Crippen LogP contribution in [0.2, 0.25) is 4.34 Å². The predicted octanol–water partition coefficient (Wildman–Crippen LogP) is 0.201. The van der Waals surface area contributed by atoms with E-state index in [1.165, 1.54) is 23.8 Å². The van der Waals surface area contributed by atoms with E-state index in [9.17, 15) is 24.6 Å². The van der Waals surface area contributed by atoms with Crippen molar-refractivity contribution in [1.29, 1.82) is 0 Å². The van der Waals surface area contributed by atoms with Crippen LogP contribution in [0.25, 0.3) is 5.52 Å². The van der Waals surface area contributed by atoms with Crippen LogP contribution in [0.15, 0.2) is 47.3 Å². The molecule has 38 heavy (non-hydrogen) atoms. The number of nitrogens with one attached hydrogen (secondary N) is 1. The SMILES string of the molecule is CON=C(C(=O)N[C@@H]1C(=O)N2C(C(=O)O)=C(C[n+]3ccn4ccc(CO)c4c3)CS[C@@H]12)c1nc(N)sc1Cl. The summed E-state index contributed by atoms with van der Waals surface area (Å²) < 4.78 is 3.78. The molecule has 16 heteroatoms. The molecule has 5 N–H and O–H groups in total. The highest BCUT2D eigenvalue weighted by Gasteiger charge is 2.55. The van der Waals surface area contributed by atoms with Gasteiger partial charge in [0.15, 0.2) is 29.8 Å². The number of hydrogen-bond donors (Lipinski definition) is 4. The fraction of sp³-hybridized carbons (Fsp3) is 0.273. The molecule has 1 fully saturated rings. The summed E-state index contributed by atoms with van der Waals surface area (Å²) in [5.74, 6) is -2.25. The Hall–Kier alpha value is -3.66. The van der Waals surface area contributed by atoms with Crippen LogP contribution in [-0.4, -0.2) is 72.3 Å². The number of thiazole rings is 1. The summed E-state index contributed by atoms with van der Waals surface area (Å²) in [4.78, 5) is 48.3. The molecule has 5 rings (SSSR count). The molecule has 2 amide bonds. The number of aliphatic hydroxyl groups excluding tert-OH is 1. The number of thioether (sulfide) groups is 1. The molecule has 0 bridgehead atoms. The van der Waals surface area contributed by atoms with E-state index in [4.69, 9.17) is 22.2 Å². The number of carbonyl (C=O) groups is 3. The van der Waals surface area contributed by atoms with Gasteiger partial charge in [0.1, 0.15) is 39.8 Å². The number of nitrogen functional groups attached to an aromatic ring is 1. The van der Waals surface area contributed by atoms with Crippen molar-refractivity contribution in [3.63, 3.8) is 0 Å². The number of carbonyl (C=O) groups excluding carboxylic acids is 2. The average molecular weight is 579 g/mol. The molecule has 3 aromatic heterocycles. The number of aromatic nitrogens is 3. The fourth-order valence-electron chi connectivity index (χ4n) is 4.35. The van der Waals surface area contributed by atoms with E-state index in [0.29, 0.717) is 11.3 Å². The first kappa shape index (κ1) is 26.0. The van der Waals surface area contributed by atoms with E-state index in [2.05, 4.69) is 15.5 Å². The first-order chi connectivity index (χ1) is 18.2. The summed E-state index contributed by atoms with van der Waals surface area (Å²) in [6, 6.07) is 0.813. The van der Waals surface area contributed by atoms with Crippen LogP contribution in [-0.2, 0) is 32.4 Å². The first-order valence-corrected chi connectivity index (χ1v) is 13.3. The fourth-order valence-corrected chi connectivity index (χ4v) is 6.62. The largest absolute Gasteiger partial charge is 0.477 e. The number of nitrogens with two attached hydrogens (primary N) is 1. The van der Waals surface area contributed by atoms with E-state index in [1.54, 1.807) is 23.0 Å². The van der Waals surface area contributed by atoms with Gasteiger partial charge < -0.3 is 30.5 Å². The zero-order valence-corrected chi connectivity index (χ0v) is 22.1. The number of fused-ring (bicyclic) bond motifs is 2. The highest BCUT2D eigenvalue weighted by Crippen LogP contribution is 2.40. The number of carboxylic acids is 1. The number of oxime groups is 1. The second kappa shape index (κ2) is 10.2. The van der Waals surface area contributed by atoms with Crippen molar-refractivity contribution in [2.45, 2.75) is 24.6 Å². The van der Waals surface area contributed by atoms with E-state index >= 15 is 0 Å². The van der Waals surface area contributed by atoms with Crippen LogP contribution in [0, 0.1) is 0 Å². The lowest BCUT2D eigenvalue weighted by Crippen LogP contribution is -2.71. The predicted molar refractivity (Wildman–Crippen MR) is 138 cm³/mol. The maximum atomic E-state index is 13.1. The highest BCUT2D eigenvalue weighted by molar-refractivity contribution is 8.00. The molecule has 2 aliphatic rings. The third-order valence-corrected chi connectivity index (χ3v) is 8.48. The second-order valence-electron chi connectivity index (χ2n) is 8.31.